The van der Waals surface area contributed by atoms with Crippen LogP contribution in [0.3, 0.4) is 0 Å². The molecular formula is C21H26FN3O3. The summed E-state index contributed by atoms with van der Waals surface area (Å²) < 4.78 is 13.0. The minimum absolute atomic E-state index is 0.0336. The highest BCUT2D eigenvalue weighted by Crippen LogP contribution is 2.30. The molecule has 28 heavy (non-hydrogen) atoms. The van der Waals surface area contributed by atoms with E-state index in [4.69, 9.17) is 0 Å². The van der Waals surface area contributed by atoms with Crippen molar-refractivity contribution in [3.8, 4) is 0 Å². The third-order valence-electron chi connectivity index (χ3n) is 6.24. The molecule has 1 aliphatic carbocycles. The van der Waals surface area contributed by atoms with Crippen molar-refractivity contribution in [1.82, 2.24) is 15.5 Å². The summed E-state index contributed by atoms with van der Waals surface area (Å²) in [6.45, 7) is 0.338. The summed E-state index contributed by atoms with van der Waals surface area (Å²) in [6.07, 6.45) is 7.01. The Kier molecular flexibility index (Phi) is 5.33. The van der Waals surface area contributed by atoms with Gasteiger partial charge in [0.2, 0.25) is 11.8 Å². The van der Waals surface area contributed by atoms with Crippen molar-refractivity contribution in [2.45, 2.75) is 63.1 Å². The van der Waals surface area contributed by atoms with Gasteiger partial charge in [-0.05, 0) is 43.0 Å². The molecule has 150 valence electrons. The van der Waals surface area contributed by atoms with Crippen molar-refractivity contribution in [1.29, 1.82) is 0 Å². The highest BCUT2D eigenvalue weighted by Gasteiger charge is 2.47. The number of fused-ring (bicyclic) bond motifs is 1. The number of carbonyl (C=O) groups excluding carboxylic acids is 3. The summed E-state index contributed by atoms with van der Waals surface area (Å²) in [5.74, 6) is -0.388. The first kappa shape index (κ1) is 18.9. The number of rotatable bonds is 4. The van der Waals surface area contributed by atoms with Crippen molar-refractivity contribution in [2.24, 2.45) is 5.92 Å². The second-order valence-electron chi connectivity index (χ2n) is 8.22. The van der Waals surface area contributed by atoms with Gasteiger partial charge in [-0.1, -0.05) is 32.1 Å². The number of piperazine rings is 1. The van der Waals surface area contributed by atoms with Gasteiger partial charge in [-0.3, -0.25) is 14.4 Å². The molecule has 6 nitrogen and oxygen atoms in total. The molecule has 1 aromatic carbocycles. The number of nitrogens with zero attached hydrogens (tertiary/aromatic N) is 1. The SMILES string of the molecule is O=C(N[C@H]1C[C@H]2C(=O)N[C@@H](CC3CCCCC3)C(=O)N2C1)c1ccc(F)cc1. The van der Waals surface area contributed by atoms with Gasteiger partial charge in [0.15, 0.2) is 0 Å². The van der Waals surface area contributed by atoms with Gasteiger partial charge in [0.05, 0.1) is 0 Å². The van der Waals surface area contributed by atoms with Crippen molar-refractivity contribution >= 4 is 17.7 Å². The predicted molar refractivity (Wildman–Crippen MR) is 101 cm³/mol. The quantitative estimate of drug-likeness (QED) is 0.829. The van der Waals surface area contributed by atoms with E-state index in [1.54, 1.807) is 4.90 Å². The fourth-order valence-corrected chi connectivity index (χ4v) is 4.75. The van der Waals surface area contributed by atoms with Crippen LogP contribution in [0.15, 0.2) is 24.3 Å². The van der Waals surface area contributed by atoms with Gasteiger partial charge < -0.3 is 15.5 Å². The summed E-state index contributed by atoms with van der Waals surface area (Å²) in [4.78, 5) is 39.5. The lowest BCUT2D eigenvalue weighted by atomic mass is 9.84. The molecule has 1 saturated carbocycles. The smallest absolute Gasteiger partial charge is 0.251 e. The van der Waals surface area contributed by atoms with E-state index < -0.39 is 17.9 Å². The fourth-order valence-electron chi connectivity index (χ4n) is 4.75. The van der Waals surface area contributed by atoms with Crippen LogP contribution in [0, 0.1) is 11.7 Å². The number of amides is 3. The zero-order chi connectivity index (χ0) is 19.7. The van der Waals surface area contributed by atoms with Gasteiger partial charge in [-0.2, -0.15) is 0 Å². The first-order chi connectivity index (χ1) is 13.5. The second kappa shape index (κ2) is 7.89. The maximum Gasteiger partial charge on any atom is 0.251 e. The molecule has 3 aliphatic rings. The Morgan fingerprint density at radius 1 is 1.14 bits per heavy atom. The summed E-state index contributed by atoms with van der Waals surface area (Å²) >= 11 is 0. The summed E-state index contributed by atoms with van der Waals surface area (Å²) in [7, 11) is 0. The number of hydrogen-bond acceptors (Lipinski definition) is 3. The molecule has 2 N–H and O–H groups in total. The number of halogens is 1. The van der Waals surface area contributed by atoms with E-state index in [0.717, 1.165) is 12.8 Å². The first-order valence-corrected chi connectivity index (χ1v) is 10.2. The molecule has 4 rings (SSSR count). The topological polar surface area (TPSA) is 78.5 Å². The van der Waals surface area contributed by atoms with E-state index in [9.17, 15) is 18.8 Å². The van der Waals surface area contributed by atoms with E-state index in [1.165, 1.54) is 43.5 Å². The molecule has 0 bridgehead atoms. The molecule has 2 heterocycles. The molecule has 2 saturated heterocycles. The zero-order valence-electron chi connectivity index (χ0n) is 15.8. The van der Waals surface area contributed by atoms with Gasteiger partial charge in [0, 0.05) is 18.2 Å². The van der Waals surface area contributed by atoms with Crippen molar-refractivity contribution < 1.29 is 18.8 Å². The molecule has 7 heteroatoms. The lowest BCUT2D eigenvalue weighted by Crippen LogP contribution is -2.61. The Bertz CT molecular complexity index is 761. The van der Waals surface area contributed by atoms with Crippen LogP contribution in [0.1, 0.15) is 55.3 Å². The van der Waals surface area contributed by atoms with E-state index in [-0.39, 0.29) is 23.8 Å². The third kappa shape index (κ3) is 3.88. The van der Waals surface area contributed by atoms with Crippen LogP contribution in [0.5, 0.6) is 0 Å². The van der Waals surface area contributed by atoms with E-state index in [2.05, 4.69) is 10.6 Å². The Balaban J connectivity index is 1.38. The molecule has 0 unspecified atom stereocenters. The van der Waals surface area contributed by atoms with E-state index in [0.29, 0.717) is 30.9 Å². The van der Waals surface area contributed by atoms with Crippen LogP contribution in [0.2, 0.25) is 0 Å². The van der Waals surface area contributed by atoms with E-state index in [1.807, 2.05) is 0 Å². The Morgan fingerprint density at radius 2 is 1.86 bits per heavy atom. The largest absolute Gasteiger partial charge is 0.347 e. The number of carbonyl (C=O) groups is 3. The predicted octanol–water partition coefficient (Wildman–Crippen LogP) is 1.99. The average Bonchev–Trinajstić information content (AvgIpc) is 3.12. The number of benzene rings is 1. The Labute approximate surface area is 163 Å². The molecule has 0 spiro atoms. The molecule has 2 aliphatic heterocycles. The zero-order valence-corrected chi connectivity index (χ0v) is 15.8. The maximum atomic E-state index is 13.0. The van der Waals surface area contributed by atoms with Crippen LogP contribution in [-0.4, -0.2) is 47.3 Å². The van der Waals surface area contributed by atoms with Crippen LogP contribution in [0.25, 0.3) is 0 Å². The van der Waals surface area contributed by atoms with Gasteiger partial charge in [-0.15, -0.1) is 0 Å². The number of nitrogens with one attached hydrogen (secondary N) is 2. The highest BCUT2D eigenvalue weighted by molar-refractivity contribution is 5.98. The Hall–Kier alpha value is -2.44. The molecule has 3 amide bonds. The average molecular weight is 387 g/mol. The molecule has 1 aromatic rings. The standard InChI is InChI=1S/C21H26FN3O3/c22-15-8-6-14(7-9-15)19(26)23-16-11-18-20(27)24-17(21(28)25(18)12-16)10-13-4-2-1-3-5-13/h6-9,13,16-18H,1-5,10-12H2,(H,23,26)(H,24,27)/t16-,17-,18-/m0/s1. The van der Waals surface area contributed by atoms with Gasteiger partial charge in [0.25, 0.3) is 5.91 Å². The molecule has 0 radical (unpaired) electrons. The summed E-state index contributed by atoms with van der Waals surface area (Å²) in [5.41, 5.74) is 0.359. The molecule has 0 aromatic heterocycles. The minimum atomic E-state index is -0.520. The van der Waals surface area contributed by atoms with Crippen LogP contribution in [0.4, 0.5) is 4.39 Å². The lowest BCUT2D eigenvalue weighted by Gasteiger charge is -2.36. The van der Waals surface area contributed by atoms with Crippen molar-refractivity contribution in [2.75, 3.05) is 6.54 Å². The van der Waals surface area contributed by atoms with Gasteiger partial charge >= 0.3 is 0 Å². The van der Waals surface area contributed by atoms with Crippen LogP contribution < -0.4 is 10.6 Å². The summed E-state index contributed by atoms with van der Waals surface area (Å²) in [5, 5.41) is 5.79. The first-order valence-electron chi connectivity index (χ1n) is 10.2. The Morgan fingerprint density at radius 3 is 2.57 bits per heavy atom. The molecule has 3 fully saturated rings. The van der Waals surface area contributed by atoms with E-state index >= 15 is 0 Å². The fraction of sp³-hybridized carbons (Fsp3) is 0.571. The van der Waals surface area contributed by atoms with Gasteiger partial charge in [0.1, 0.15) is 17.9 Å². The minimum Gasteiger partial charge on any atom is -0.347 e. The van der Waals surface area contributed by atoms with Gasteiger partial charge in [-0.25, -0.2) is 4.39 Å². The maximum absolute atomic E-state index is 13.0. The van der Waals surface area contributed by atoms with Crippen molar-refractivity contribution in [3.05, 3.63) is 35.6 Å². The molecule has 3 atom stereocenters. The van der Waals surface area contributed by atoms with Crippen LogP contribution >= 0.6 is 0 Å². The number of hydrogen-bond donors (Lipinski definition) is 2. The normalized spacial score (nSPS) is 28.0. The van der Waals surface area contributed by atoms with Crippen LogP contribution in [-0.2, 0) is 9.59 Å². The van der Waals surface area contributed by atoms with Crippen molar-refractivity contribution in [3.63, 3.8) is 0 Å². The third-order valence-corrected chi connectivity index (χ3v) is 6.24. The molecular weight excluding hydrogens is 361 g/mol. The highest BCUT2D eigenvalue weighted by atomic mass is 19.1. The second-order valence-corrected chi connectivity index (χ2v) is 8.22. The summed E-state index contributed by atoms with van der Waals surface area (Å²) in [6, 6.07) is 4.06. The lowest BCUT2D eigenvalue weighted by molar-refractivity contribution is -0.147. The monoisotopic (exact) mass is 387 g/mol.